The number of aromatic nitrogens is 1. The molecule has 1 aliphatic rings. The minimum Gasteiger partial charge on any atom is -0.494 e. The normalized spacial score (nSPS) is 15.7. The number of nitrogens with one attached hydrogen (secondary N) is 1. The Morgan fingerprint density at radius 3 is 2.71 bits per heavy atom. The van der Waals surface area contributed by atoms with Gasteiger partial charge in [-0.2, -0.15) is 0 Å². The van der Waals surface area contributed by atoms with Crippen molar-refractivity contribution in [2.45, 2.75) is 26.9 Å². The highest BCUT2D eigenvalue weighted by atomic mass is 32.1. The van der Waals surface area contributed by atoms with Crippen molar-refractivity contribution in [3.05, 3.63) is 45.7 Å². The molecule has 0 unspecified atom stereocenters. The molecule has 6 nitrogen and oxygen atoms in total. The maximum atomic E-state index is 13.9. The molecule has 0 atom stereocenters. The molecule has 0 bridgehead atoms. The highest BCUT2D eigenvalue weighted by Crippen LogP contribution is 2.19. The van der Waals surface area contributed by atoms with Gasteiger partial charge in [-0.3, -0.25) is 4.90 Å². The Bertz CT molecular complexity index is 802. The zero-order chi connectivity index (χ0) is 19.9. The zero-order valence-corrected chi connectivity index (χ0v) is 17.6. The number of benzene rings is 1. The summed E-state index contributed by atoms with van der Waals surface area (Å²) in [6.07, 6.45) is 1.89. The molecule has 152 valence electrons. The minimum absolute atomic E-state index is 0.287. The largest absolute Gasteiger partial charge is 0.494 e. The van der Waals surface area contributed by atoms with E-state index in [1.165, 1.54) is 12.0 Å². The lowest BCUT2D eigenvalue weighted by molar-refractivity contribution is 0.172. The van der Waals surface area contributed by atoms with Gasteiger partial charge in [0.15, 0.2) is 17.5 Å². The van der Waals surface area contributed by atoms with E-state index in [-0.39, 0.29) is 11.6 Å². The number of aliphatic imine (C=N–C) groups is 1. The molecule has 0 amide bonds. The predicted octanol–water partition coefficient (Wildman–Crippen LogP) is 2.88. The third-order valence-electron chi connectivity index (χ3n) is 4.66. The van der Waals surface area contributed by atoms with E-state index in [4.69, 9.17) is 9.73 Å². The van der Waals surface area contributed by atoms with Gasteiger partial charge in [0.1, 0.15) is 5.01 Å². The molecular formula is C20H28FN5OS. The second kappa shape index (κ2) is 9.84. The third-order valence-corrected chi connectivity index (χ3v) is 5.56. The molecule has 0 saturated carbocycles. The topological polar surface area (TPSA) is 53.0 Å². The lowest BCUT2D eigenvalue weighted by Crippen LogP contribution is -2.52. The van der Waals surface area contributed by atoms with E-state index < -0.39 is 0 Å². The summed E-state index contributed by atoms with van der Waals surface area (Å²) in [6.45, 7) is 9.92. The highest BCUT2D eigenvalue weighted by Gasteiger charge is 2.20. The van der Waals surface area contributed by atoms with Crippen molar-refractivity contribution in [2.75, 3.05) is 39.8 Å². The van der Waals surface area contributed by atoms with E-state index in [0.717, 1.165) is 55.8 Å². The minimum atomic E-state index is -0.308. The Morgan fingerprint density at radius 2 is 2.11 bits per heavy atom. The summed E-state index contributed by atoms with van der Waals surface area (Å²) in [5.41, 5.74) is 0.964. The molecule has 28 heavy (non-hydrogen) atoms. The Hall–Kier alpha value is -2.19. The first-order valence-electron chi connectivity index (χ1n) is 9.58. The van der Waals surface area contributed by atoms with Gasteiger partial charge in [0.05, 0.1) is 13.7 Å². The lowest BCUT2D eigenvalue weighted by Gasteiger charge is -2.36. The van der Waals surface area contributed by atoms with E-state index in [2.05, 4.69) is 33.9 Å². The highest BCUT2D eigenvalue weighted by molar-refractivity contribution is 7.11. The Kier molecular flexibility index (Phi) is 7.22. The van der Waals surface area contributed by atoms with Crippen LogP contribution in [0, 0.1) is 12.7 Å². The number of hydrogen-bond donors (Lipinski definition) is 1. The molecule has 1 aromatic carbocycles. The molecule has 8 heteroatoms. The summed E-state index contributed by atoms with van der Waals surface area (Å²) >= 11 is 1.69. The van der Waals surface area contributed by atoms with E-state index in [1.807, 2.05) is 12.3 Å². The van der Waals surface area contributed by atoms with Crippen LogP contribution >= 0.6 is 11.3 Å². The van der Waals surface area contributed by atoms with Gasteiger partial charge in [-0.1, -0.05) is 6.07 Å². The van der Waals surface area contributed by atoms with Crippen LogP contribution in [0.2, 0.25) is 0 Å². The van der Waals surface area contributed by atoms with Gasteiger partial charge in [-0.15, -0.1) is 11.3 Å². The molecule has 1 saturated heterocycles. The summed E-state index contributed by atoms with van der Waals surface area (Å²) in [5, 5.41) is 4.42. The molecule has 0 aliphatic carbocycles. The van der Waals surface area contributed by atoms with Gasteiger partial charge < -0.3 is 15.0 Å². The standard InChI is InChI=1S/C20H28FN5OS/c1-4-22-20(24-13-19-23-12-15(2)28-19)26-9-7-25(8-10-26)14-16-5-6-18(27-3)17(21)11-16/h5-6,11-12H,4,7-10,13-14H2,1-3H3,(H,22,24). The van der Waals surface area contributed by atoms with Gasteiger partial charge >= 0.3 is 0 Å². The number of rotatable bonds is 6. The van der Waals surface area contributed by atoms with Crippen LogP contribution in [0.3, 0.4) is 0 Å². The average molecular weight is 406 g/mol. The number of ether oxygens (including phenoxy) is 1. The number of guanidine groups is 1. The van der Waals surface area contributed by atoms with Crippen LogP contribution < -0.4 is 10.1 Å². The molecular weight excluding hydrogens is 377 g/mol. The van der Waals surface area contributed by atoms with Crippen LogP contribution in [0.25, 0.3) is 0 Å². The van der Waals surface area contributed by atoms with Gasteiger partial charge in [0.25, 0.3) is 0 Å². The zero-order valence-electron chi connectivity index (χ0n) is 16.7. The summed E-state index contributed by atoms with van der Waals surface area (Å²) in [7, 11) is 1.48. The van der Waals surface area contributed by atoms with Crippen molar-refractivity contribution in [1.29, 1.82) is 0 Å². The summed E-state index contributed by atoms with van der Waals surface area (Å²) < 4.78 is 18.9. The monoisotopic (exact) mass is 405 g/mol. The van der Waals surface area contributed by atoms with Crippen molar-refractivity contribution in [1.82, 2.24) is 20.1 Å². The van der Waals surface area contributed by atoms with Gasteiger partial charge in [0, 0.05) is 50.3 Å². The van der Waals surface area contributed by atoms with E-state index >= 15 is 0 Å². The van der Waals surface area contributed by atoms with Crippen molar-refractivity contribution in [3.8, 4) is 5.75 Å². The quantitative estimate of drug-likeness (QED) is 0.592. The fraction of sp³-hybridized carbons (Fsp3) is 0.500. The van der Waals surface area contributed by atoms with Crippen molar-refractivity contribution in [2.24, 2.45) is 4.99 Å². The van der Waals surface area contributed by atoms with Crippen molar-refractivity contribution < 1.29 is 9.13 Å². The van der Waals surface area contributed by atoms with Crippen molar-refractivity contribution >= 4 is 17.3 Å². The van der Waals surface area contributed by atoms with Crippen molar-refractivity contribution in [3.63, 3.8) is 0 Å². The molecule has 0 spiro atoms. The smallest absolute Gasteiger partial charge is 0.194 e. The van der Waals surface area contributed by atoms with Crippen LogP contribution in [0.1, 0.15) is 22.4 Å². The van der Waals surface area contributed by atoms with Crippen LogP contribution in [-0.2, 0) is 13.1 Å². The fourth-order valence-corrected chi connectivity index (χ4v) is 3.94. The molecule has 3 rings (SSSR count). The van der Waals surface area contributed by atoms with Gasteiger partial charge in [-0.05, 0) is 31.5 Å². The fourth-order valence-electron chi connectivity index (χ4n) is 3.23. The summed E-state index contributed by atoms with van der Waals surface area (Å²) in [6, 6.07) is 5.18. The van der Waals surface area contributed by atoms with Gasteiger partial charge in [0.2, 0.25) is 0 Å². The van der Waals surface area contributed by atoms with Crippen LogP contribution in [0.5, 0.6) is 5.75 Å². The third kappa shape index (κ3) is 5.42. The van der Waals surface area contributed by atoms with Crippen LogP contribution in [0.15, 0.2) is 29.4 Å². The second-order valence-corrected chi connectivity index (χ2v) is 8.09. The molecule has 0 radical (unpaired) electrons. The number of methoxy groups -OCH3 is 1. The average Bonchev–Trinajstić information content (AvgIpc) is 3.11. The Labute approximate surface area is 170 Å². The number of thiazole rings is 1. The van der Waals surface area contributed by atoms with E-state index in [9.17, 15) is 4.39 Å². The van der Waals surface area contributed by atoms with E-state index in [1.54, 1.807) is 23.5 Å². The first-order chi connectivity index (χ1) is 13.6. The molecule has 1 fully saturated rings. The number of piperazine rings is 1. The molecule has 1 aromatic heterocycles. The molecule has 1 N–H and O–H groups in total. The number of halogens is 1. The summed E-state index contributed by atoms with van der Waals surface area (Å²) in [4.78, 5) is 15.0. The Morgan fingerprint density at radius 1 is 1.32 bits per heavy atom. The number of hydrogen-bond acceptors (Lipinski definition) is 5. The summed E-state index contributed by atoms with van der Waals surface area (Å²) in [5.74, 6) is 0.915. The number of nitrogens with zero attached hydrogens (tertiary/aromatic N) is 4. The first kappa shape index (κ1) is 20.5. The Balaban J connectivity index is 1.55. The molecule has 1 aliphatic heterocycles. The molecule has 2 heterocycles. The van der Waals surface area contributed by atoms with Gasteiger partial charge in [-0.25, -0.2) is 14.4 Å². The second-order valence-electron chi connectivity index (χ2n) is 6.77. The SMILES string of the molecule is CCNC(=NCc1ncc(C)s1)N1CCN(Cc2ccc(OC)c(F)c2)CC1. The van der Waals surface area contributed by atoms with Crippen LogP contribution in [0.4, 0.5) is 4.39 Å². The number of aryl methyl sites for hydroxylation is 1. The van der Waals surface area contributed by atoms with E-state index in [0.29, 0.717) is 6.54 Å². The maximum absolute atomic E-state index is 13.9. The van der Waals surface area contributed by atoms with Crippen LogP contribution in [-0.4, -0.2) is 60.6 Å². The molecule has 2 aromatic rings. The maximum Gasteiger partial charge on any atom is 0.194 e. The lowest BCUT2D eigenvalue weighted by atomic mass is 10.2. The predicted molar refractivity (Wildman–Crippen MR) is 111 cm³/mol. The first-order valence-corrected chi connectivity index (χ1v) is 10.4.